The molecule has 5 heteroatoms. The molecule has 1 aliphatic rings. The fraction of sp³-hybridized carbons (Fsp3) is 0.429. The van der Waals surface area contributed by atoms with Crippen LogP contribution in [0.15, 0.2) is 0 Å². The van der Waals surface area contributed by atoms with Crippen LogP contribution < -0.4 is 5.73 Å². The van der Waals surface area contributed by atoms with Crippen LogP contribution in [0.5, 0.6) is 0 Å². The van der Waals surface area contributed by atoms with Gasteiger partial charge in [0.25, 0.3) is 0 Å². The van der Waals surface area contributed by atoms with E-state index in [9.17, 15) is 9.59 Å². The molecule has 0 aliphatic carbocycles. The van der Waals surface area contributed by atoms with Crippen molar-refractivity contribution in [2.45, 2.75) is 0 Å². The molecule has 0 saturated carbocycles. The molecule has 0 aromatic carbocycles. The van der Waals surface area contributed by atoms with Gasteiger partial charge in [0.15, 0.2) is 0 Å². The number of nitrogens with two attached hydrogens (primary N) is 1. The number of amides is 2. The van der Waals surface area contributed by atoms with E-state index in [2.05, 4.69) is 0 Å². The van der Waals surface area contributed by atoms with Crippen LogP contribution in [0.1, 0.15) is 0 Å². The largest absolute Gasteiger partial charge is 0.369 e. The Morgan fingerprint density at radius 1 is 1.58 bits per heavy atom. The van der Waals surface area contributed by atoms with E-state index in [1.165, 1.54) is 4.90 Å². The van der Waals surface area contributed by atoms with Crippen LogP contribution >= 0.6 is 0 Å². The van der Waals surface area contributed by atoms with Crippen LogP contribution in [0.2, 0.25) is 0 Å². The van der Waals surface area contributed by atoms with Gasteiger partial charge in [-0.3, -0.25) is 9.59 Å². The molecule has 0 spiro atoms. The van der Waals surface area contributed by atoms with Gasteiger partial charge in [0.1, 0.15) is 6.42 Å². The second-order valence-electron chi connectivity index (χ2n) is 2.62. The molecule has 1 fully saturated rings. The van der Waals surface area contributed by atoms with E-state index in [4.69, 9.17) is 11.0 Å². The molecule has 0 bridgehead atoms. The van der Waals surface area contributed by atoms with Gasteiger partial charge in [0.2, 0.25) is 11.8 Å². The molecule has 0 unspecified atom stereocenters. The van der Waals surface area contributed by atoms with E-state index in [1.54, 1.807) is 0 Å². The summed E-state index contributed by atoms with van der Waals surface area (Å²) in [4.78, 5) is 22.6. The van der Waals surface area contributed by atoms with E-state index < -0.39 is 11.8 Å². The lowest BCUT2D eigenvalue weighted by Crippen LogP contribution is -2.50. The second-order valence-corrected chi connectivity index (χ2v) is 2.62. The van der Waals surface area contributed by atoms with Gasteiger partial charge in [-0.1, -0.05) is 0 Å². The molecule has 0 aromatic heterocycles. The maximum absolute atomic E-state index is 11.0. The minimum atomic E-state index is -0.750. The summed E-state index contributed by atoms with van der Waals surface area (Å²) in [5.41, 5.74) is 4.77. The Morgan fingerprint density at radius 3 is 2.58 bits per heavy atom. The van der Waals surface area contributed by atoms with Crippen molar-refractivity contribution in [2.24, 2.45) is 11.7 Å². The number of primary amides is 1. The van der Waals surface area contributed by atoms with Crippen LogP contribution in [-0.4, -0.2) is 29.8 Å². The average molecular weight is 166 g/mol. The van der Waals surface area contributed by atoms with Crippen molar-refractivity contribution in [3.63, 3.8) is 0 Å². The maximum atomic E-state index is 11.0. The molecule has 1 heterocycles. The van der Waals surface area contributed by atoms with Crippen molar-refractivity contribution in [1.82, 2.24) is 4.90 Å². The van der Waals surface area contributed by atoms with Crippen LogP contribution in [0.25, 0.3) is 0 Å². The van der Waals surface area contributed by atoms with Crippen LogP contribution in [0.4, 0.5) is 0 Å². The summed E-state index contributed by atoms with van der Waals surface area (Å²) >= 11 is 0. The Bertz CT molecular complexity index is 250. The SMILES string of the molecule is N#CC1CN(C(=O)[CH]C(N)=O)C1. The molecule has 5 nitrogen and oxygen atoms in total. The number of hydrogen-bond acceptors (Lipinski definition) is 3. The lowest BCUT2D eigenvalue weighted by molar-refractivity contribution is -0.134. The number of carbonyl (C=O) groups is 2. The van der Waals surface area contributed by atoms with Gasteiger partial charge in [-0.2, -0.15) is 5.26 Å². The number of carbonyl (C=O) groups excluding carboxylic acids is 2. The smallest absolute Gasteiger partial charge is 0.236 e. The highest BCUT2D eigenvalue weighted by molar-refractivity contribution is 6.07. The molecular weight excluding hydrogens is 158 g/mol. The molecule has 1 rings (SSSR count). The monoisotopic (exact) mass is 166 g/mol. The first kappa shape index (κ1) is 8.53. The third-order valence-corrected chi connectivity index (χ3v) is 1.64. The molecule has 12 heavy (non-hydrogen) atoms. The fourth-order valence-corrected chi connectivity index (χ4v) is 0.953. The van der Waals surface area contributed by atoms with Crippen LogP contribution in [0.3, 0.4) is 0 Å². The minimum Gasteiger partial charge on any atom is -0.369 e. The molecule has 1 aliphatic heterocycles. The van der Waals surface area contributed by atoms with Crippen molar-refractivity contribution < 1.29 is 9.59 Å². The zero-order valence-corrected chi connectivity index (χ0v) is 6.36. The van der Waals surface area contributed by atoms with Crippen molar-refractivity contribution in [3.05, 3.63) is 6.42 Å². The van der Waals surface area contributed by atoms with E-state index in [-0.39, 0.29) is 5.92 Å². The van der Waals surface area contributed by atoms with E-state index in [0.29, 0.717) is 13.1 Å². The van der Waals surface area contributed by atoms with Crippen molar-refractivity contribution in [2.75, 3.05) is 13.1 Å². The zero-order chi connectivity index (χ0) is 9.14. The van der Waals surface area contributed by atoms with Gasteiger partial charge in [-0.15, -0.1) is 0 Å². The molecule has 63 valence electrons. The van der Waals surface area contributed by atoms with Crippen molar-refractivity contribution in [1.29, 1.82) is 5.26 Å². The summed E-state index contributed by atoms with van der Waals surface area (Å²) in [5, 5.41) is 8.38. The Kier molecular flexibility index (Phi) is 2.29. The number of rotatable bonds is 2. The highest BCUT2D eigenvalue weighted by atomic mass is 16.2. The molecular formula is C7H8N3O2. The Morgan fingerprint density at radius 2 is 2.17 bits per heavy atom. The second kappa shape index (κ2) is 3.22. The quantitative estimate of drug-likeness (QED) is 0.515. The summed E-state index contributed by atoms with van der Waals surface area (Å²) in [7, 11) is 0. The standard InChI is InChI=1S/C7H8N3O2/c8-2-5-3-10(4-5)7(12)1-6(9)11/h1,5H,3-4H2,(H2,9,11). The molecule has 0 atom stereocenters. The minimum absolute atomic E-state index is 0.0878. The average Bonchev–Trinajstić information content (AvgIpc) is 1.82. The van der Waals surface area contributed by atoms with Crippen molar-refractivity contribution in [3.8, 4) is 6.07 Å². The Balaban J connectivity index is 2.29. The number of hydrogen-bond donors (Lipinski definition) is 1. The van der Waals surface area contributed by atoms with E-state index in [1.807, 2.05) is 6.07 Å². The van der Waals surface area contributed by atoms with Gasteiger partial charge in [0, 0.05) is 13.1 Å². The summed E-state index contributed by atoms with van der Waals surface area (Å²) in [6, 6.07) is 2.02. The lowest BCUT2D eigenvalue weighted by Gasteiger charge is -2.34. The molecule has 2 N–H and O–H groups in total. The number of nitrogens with zero attached hydrogens (tertiary/aromatic N) is 2. The van der Waals surface area contributed by atoms with Gasteiger partial charge >= 0.3 is 0 Å². The van der Waals surface area contributed by atoms with Crippen molar-refractivity contribution >= 4 is 11.8 Å². The maximum Gasteiger partial charge on any atom is 0.236 e. The highest BCUT2D eigenvalue weighted by Crippen LogP contribution is 2.14. The van der Waals surface area contributed by atoms with Gasteiger partial charge in [0.05, 0.1) is 12.0 Å². The van der Waals surface area contributed by atoms with Gasteiger partial charge < -0.3 is 10.6 Å². The zero-order valence-electron chi connectivity index (χ0n) is 6.36. The van der Waals surface area contributed by atoms with Gasteiger partial charge in [-0.05, 0) is 0 Å². The van der Waals surface area contributed by atoms with Crippen LogP contribution in [0, 0.1) is 23.7 Å². The summed E-state index contributed by atoms with van der Waals surface area (Å²) in [6.45, 7) is 0.804. The number of likely N-dealkylation sites (tertiary alicyclic amines) is 1. The summed E-state index contributed by atoms with van der Waals surface area (Å²) < 4.78 is 0. The predicted octanol–water partition coefficient (Wildman–Crippen LogP) is -1.34. The third kappa shape index (κ3) is 1.72. The highest BCUT2D eigenvalue weighted by Gasteiger charge is 2.30. The molecule has 0 aromatic rings. The Labute approximate surface area is 69.7 Å². The first-order chi connectivity index (χ1) is 5.63. The summed E-state index contributed by atoms with van der Waals surface area (Å²) in [5.74, 6) is -1.25. The molecule has 1 saturated heterocycles. The molecule has 2 amide bonds. The predicted molar refractivity (Wildman–Crippen MR) is 39.2 cm³/mol. The lowest BCUT2D eigenvalue weighted by atomic mass is 10.0. The summed E-state index contributed by atoms with van der Waals surface area (Å²) in [6.07, 6.45) is 0.827. The van der Waals surface area contributed by atoms with Crippen LogP contribution in [-0.2, 0) is 9.59 Å². The number of nitriles is 1. The third-order valence-electron chi connectivity index (χ3n) is 1.64. The molecule has 1 radical (unpaired) electrons. The first-order valence-corrected chi connectivity index (χ1v) is 3.46. The topological polar surface area (TPSA) is 87.2 Å². The normalized spacial score (nSPS) is 16.4. The van der Waals surface area contributed by atoms with E-state index >= 15 is 0 Å². The Hall–Kier alpha value is -1.57. The first-order valence-electron chi connectivity index (χ1n) is 3.46. The fourth-order valence-electron chi connectivity index (χ4n) is 0.953. The van der Waals surface area contributed by atoms with E-state index in [0.717, 1.165) is 6.42 Å². The van der Waals surface area contributed by atoms with Gasteiger partial charge in [-0.25, -0.2) is 0 Å².